The first-order valence-electron chi connectivity index (χ1n) is 7.24. The number of alkyl halides is 1. The van der Waals surface area contributed by atoms with Gasteiger partial charge in [-0.1, -0.05) is 47.8 Å². The third-order valence-corrected chi connectivity index (χ3v) is 6.47. The Morgan fingerprint density at radius 2 is 2.00 bits per heavy atom. The van der Waals surface area contributed by atoms with Crippen LogP contribution in [0.25, 0.3) is 0 Å². The normalized spacial score (nSPS) is 20.7. The molecule has 2 rings (SSSR count). The summed E-state index contributed by atoms with van der Waals surface area (Å²) in [6.07, 6.45) is 4.69. The van der Waals surface area contributed by atoms with Crippen molar-refractivity contribution >= 4 is 31.5 Å². The Hall–Kier alpha value is -0.550. The highest BCUT2D eigenvalue weighted by molar-refractivity contribution is 9.09. The van der Waals surface area contributed by atoms with Crippen LogP contribution in [0.15, 0.2) is 29.2 Å². The van der Waals surface area contributed by atoms with Gasteiger partial charge in [0.25, 0.3) is 0 Å². The first-order valence-corrected chi connectivity index (χ1v) is 10.0. The van der Waals surface area contributed by atoms with Gasteiger partial charge in [0.05, 0.1) is 16.3 Å². The van der Waals surface area contributed by atoms with E-state index in [2.05, 4.69) is 20.8 Å². The van der Waals surface area contributed by atoms with Crippen molar-refractivity contribution in [2.45, 2.75) is 43.5 Å². The Kier molecular flexibility index (Phi) is 5.49. The highest BCUT2D eigenvalue weighted by Gasteiger charge is 2.25. The molecule has 0 aliphatic carbocycles. The number of para-hydroxylation sites is 1. The summed E-state index contributed by atoms with van der Waals surface area (Å²) in [5, 5.41) is 0.882. The van der Waals surface area contributed by atoms with Crippen LogP contribution in [0.3, 0.4) is 0 Å². The molecule has 0 bridgehead atoms. The largest absolute Gasteiger partial charge is 0.367 e. The Bertz CT molecular complexity index is 545. The standard InChI is InChI=1S/C15H22BrNO2S/c1-2-20(18,19)15-10-6-5-9-14(15)17-11-7-3-4-8-13(17)12-16/h5-6,9-10,13H,2-4,7-8,11-12H2,1H3. The molecule has 1 atom stereocenters. The minimum atomic E-state index is -3.18. The lowest BCUT2D eigenvalue weighted by Crippen LogP contribution is -2.37. The van der Waals surface area contributed by atoms with E-state index in [1.165, 1.54) is 12.8 Å². The molecule has 0 amide bonds. The fraction of sp³-hybridized carbons (Fsp3) is 0.600. The lowest BCUT2D eigenvalue weighted by atomic mass is 10.1. The van der Waals surface area contributed by atoms with Gasteiger partial charge in [-0.3, -0.25) is 0 Å². The molecule has 0 aromatic heterocycles. The molecular weight excluding hydrogens is 338 g/mol. The topological polar surface area (TPSA) is 37.4 Å². The molecule has 3 nitrogen and oxygen atoms in total. The van der Waals surface area contributed by atoms with Crippen molar-refractivity contribution in [3.63, 3.8) is 0 Å². The van der Waals surface area contributed by atoms with E-state index in [-0.39, 0.29) is 5.75 Å². The first kappa shape index (κ1) is 15.8. The average Bonchev–Trinajstić information content (AvgIpc) is 2.72. The fourth-order valence-corrected chi connectivity index (χ4v) is 4.54. The molecule has 20 heavy (non-hydrogen) atoms. The van der Waals surface area contributed by atoms with E-state index in [1.54, 1.807) is 13.0 Å². The predicted octanol–water partition coefficient (Wildman–Crippen LogP) is 3.62. The van der Waals surface area contributed by atoms with Gasteiger partial charge in [-0.15, -0.1) is 0 Å². The zero-order valence-electron chi connectivity index (χ0n) is 11.9. The van der Waals surface area contributed by atoms with Crippen LogP contribution in [0.4, 0.5) is 5.69 Å². The smallest absolute Gasteiger partial charge is 0.180 e. The van der Waals surface area contributed by atoms with Crippen LogP contribution in [0, 0.1) is 0 Å². The number of hydrogen-bond acceptors (Lipinski definition) is 3. The minimum absolute atomic E-state index is 0.150. The summed E-state index contributed by atoms with van der Waals surface area (Å²) in [6.45, 7) is 2.64. The highest BCUT2D eigenvalue weighted by Crippen LogP contribution is 2.31. The Balaban J connectivity index is 2.45. The summed E-state index contributed by atoms with van der Waals surface area (Å²) in [5.41, 5.74) is 0.876. The van der Waals surface area contributed by atoms with Crippen molar-refractivity contribution in [1.82, 2.24) is 0 Å². The van der Waals surface area contributed by atoms with Gasteiger partial charge >= 0.3 is 0 Å². The van der Waals surface area contributed by atoms with E-state index in [1.807, 2.05) is 18.2 Å². The Labute approximate surface area is 130 Å². The second kappa shape index (κ2) is 6.94. The molecule has 1 aromatic carbocycles. The maximum Gasteiger partial charge on any atom is 0.180 e. The van der Waals surface area contributed by atoms with E-state index < -0.39 is 9.84 Å². The van der Waals surface area contributed by atoms with Gasteiger partial charge in [-0.25, -0.2) is 8.42 Å². The van der Waals surface area contributed by atoms with Crippen LogP contribution in [-0.2, 0) is 9.84 Å². The second-order valence-corrected chi connectivity index (χ2v) is 8.12. The Morgan fingerprint density at radius 3 is 2.70 bits per heavy atom. The third-order valence-electron chi connectivity index (χ3n) is 3.95. The van der Waals surface area contributed by atoms with Crippen molar-refractivity contribution in [3.8, 4) is 0 Å². The molecule has 1 heterocycles. The van der Waals surface area contributed by atoms with Crippen molar-refractivity contribution in [2.24, 2.45) is 0 Å². The van der Waals surface area contributed by atoms with Crippen LogP contribution in [0.2, 0.25) is 0 Å². The van der Waals surface area contributed by atoms with Crippen molar-refractivity contribution in [1.29, 1.82) is 0 Å². The summed E-state index contributed by atoms with van der Waals surface area (Å²) < 4.78 is 24.6. The summed E-state index contributed by atoms with van der Waals surface area (Å²) in [6, 6.07) is 7.81. The Morgan fingerprint density at radius 1 is 1.25 bits per heavy atom. The second-order valence-electron chi connectivity index (χ2n) is 5.22. The number of anilines is 1. The highest BCUT2D eigenvalue weighted by atomic mass is 79.9. The van der Waals surface area contributed by atoms with Crippen LogP contribution < -0.4 is 4.90 Å². The number of rotatable bonds is 4. The summed E-state index contributed by atoms with van der Waals surface area (Å²) in [5.74, 6) is 0.150. The van der Waals surface area contributed by atoms with Crippen LogP contribution >= 0.6 is 15.9 Å². The molecule has 1 saturated heterocycles. The quantitative estimate of drug-likeness (QED) is 0.770. The van der Waals surface area contributed by atoms with E-state index in [0.29, 0.717) is 10.9 Å². The predicted molar refractivity (Wildman–Crippen MR) is 87.6 cm³/mol. The number of hydrogen-bond donors (Lipinski definition) is 0. The maximum atomic E-state index is 12.3. The third kappa shape index (κ3) is 3.37. The van der Waals surface area contributed by atoms with Crippen molar-refractivity contribution in [3.05, 3.63) is 24.3 Å². The molecule has 0 saturated carbocycles. The molecule has 0 spiro atoms. The van der Waals surface area contributed by atoms with Gasteiger partial charge in [-0.05, 0) is 25.0 Å². The molecule has 1 unspecified atom stereocenters. The summed E-state index contributed by atoms with van der Waals surface area (Å²) in [7, 11) is -3.18. The lowest BCUT2D eigenvalue weighted by molar-refractivity contribution is 0.593. The first-order chi connectivity index (χ1) is 9.60. The molecule has 0 N–H and O–H groups in total. The monoisotopic (exact) mass is 359 g/mol. The maximum absolute atomic E-state index is 12.3. The number of sulfone groups is 1. The molecule has 1 fully saturated rings. The average molecular weight is 360 g/mol. The van der Waals surface area contributed by atoms with Gasteiger partial charge in [0.1, 0.15) is 0 Å². The van der Waals surface area contributed by atoms with Gasteiger partial charge in [0.2, 0.25) is 0 Å². The lowest BCUT2D eigenvalue weighted by Gasteiger charge is -2.32. The molecule has 1 aliphatic rings. The number of benzene rings is 1. The molecular formula is C15H22BrNO2S. The molecule has 112 valence electrons. The van der Waals surface area contributed by atoms with Gasteiger partial charge in [-0.2, -0.15) is 0 Å². The van der Waals surface area contributed by atoms with Crippen LogP contribution in [0.5, 0.6) is 0 Å². The fourth-order valence-electron chi connectivity index (χ4n) is 2.77. The van der Waals surface area contributed by atoms with Crippen molar-refractivity contribution in [2.75, 3.05) is 22.5 Å². The van der Waals surface area contributed by atoms with E-state index in [0.717, 1.165) is 30.4 Å². The van der Waals surface area contributed by atoms with E-state index in [9.17, 15) is 8.42 Å². The van der Waals surface area contributed by atoms with Crippen LogP contribution in [0.1, 0.15) is 32.6 Å². The van der Waals surface area contributed by atoms with E-state index in [4.69, 9.17) is 0 Å². The number of halogens is 1. The SMILES string of the molecule is CCS(=O)(=O)c1ccccc1N1CCCCCC1CBr. The number of nitrogens with zero attached hydrogens (tertiary/aromatic N) is 1. The van der Waals surface area contributed by atoms with Crippen molar-refractivity contribution < 1.29 is 8.42 Å². The zero-order chi connectivity index (χ0) is 14.6. The zero-order valence-corrected chi connectivity index (χ0v) is 14.3. The molecule has 1 aliphatic heterocycles. The summed E-state index contributed by atoms with van der Waals surface area (Å²) in [4.78, 5) is 2.76. The summed E-state index contributed by atoms with van der Waals surface area (Å²) >= 11 is 3.58. The molecule has 5 heteroatoms. The van der Waals surface area contributed by atoms with Crippen LogP contribution in [-0.4, -0.2) is 32.1 Å². The van der Waals surface area contributed by atoms with E-state index >= 15 is 0 Å². The van der Waals surface area contributed by atoms with Gasteiger partial charge in [0.15, 0.2) is 9.84 Å². The van der Waals surface area contributed by atoms with Gasteiger partial charge < -0.3 is 4.90 Å². The molecule has 0 radical (unpaired) electrons. The van der Waals surface area contributed by atoms with Gasteiger partial charge in [0, 0.05) is 17.9 Å². The minimum Gasteiger partial charge on any atom is -0.367 e. The molecule has 1 aromatic rings.